The SMILES string of the molecule is CCOc1ccc(/C=N\n2cnnc2SCc2ccccc2Cl)cc1. The van der Waals surface area contributed by atoms with Crippen LogP contribution in [0.5, 0.6) is 5.75 Å². The fourth-order valence-corrected chi connectivity index (χ4v) is 3.25. The van der Waals surface area contributed by atoms with Crippen LogP contribution in [-0.4, -0.2) is 27.7 Å². The molecule has 5 nitrogen and oxygen atoms in total. The predicted octanol–water partition coefficient (Wildman–Crippen LogP) is 4.50. The molecular weight excluding hydrogens is 356 g/mol. The highest BCUT2D eigenvalue weighted by molar-refractivity contribution is 7.98. The van der Waals surface area contributed by atoms with E-state index in [0.717, 1.165) is 21.9 Å². The standard InChI is InChI=1S/C18H17ClN4OS/c1-2-24-16-9-7-14(8-10-16)11-21-23-13-20-22-18(23)25-12-15-5-3-4-6-17(15)19/h3-11,13H,2,12H2,1H3/b21-11-. The predicted molar refractivity (Wildman–Crippen MR) is 102 cm³/mol. The fourth-order valence-electron chi connectivity index (χ4n) is 2.10. The zero-order valence-corrected chi connectivity index (χ0v) is 15.2. The Kier molecular flexibility index (Phi) is 6.09. The number of hydrogen-bond donors (Lipinski definition) is 0. The van der Waals surface area contributed by atoms with Gasteiger partial charge in [-0.15, -0.1) is 10.2 Å². The van der Waals surface area contributed by atoms with Crippen LogP contribution in [0.15, 0.2) is 65.1 Å². The summed E-state index contributed by atoms with van der Waals surface area (Å²) in [4.78, 5) is 0. The van der Waals surface area contributed by atoms with Crippen molar-refractivity contribution in [1.82, 2.24) is 14.9 Å². The van der Waals surface area contributed by atoms with Crippen LogP contribution in [0.4, 0.5) is 0 Å². The van der Waals surface area contributed by atoms with Gasteiger partial charge < -0.3 is 4.74 Å². The molecule has 3 rings (SSSR count). The summed E-state index contributed by atoms with van der Waals surface area (Å²) in [5.74, 6) is 1.55. The fraction of sp³-hybridized carbons (Fsp3) is 0.167. The van der Waals surface area contributed by atoms with E-state index in [4.69, 9.17) is 16.3 Å². The monoisotopic (exact) mass is 372 g/mol. The highest BCUT2D eigenvalue weighted by atomic mass is 35.5. The van der Waals surface area contributed by atoms with Gasteiger partial charge in [0.1, 0.15) is 12.1 Å². The van der Waals surface area contributed by atoms with Crippen molar-refractivity contribution < 1.29 is 4.74 Å². The van der Waals surface area contributed by atoms with Crippen LogP contribution in [-0.2, 0) is 5.75 Å². The maximum absolute atomic E-state index is 6.18. The molecule has 0 atom stereocenters. The van der Waals surface area contributed by atoms with Crippen molar-refractivity contribution in [2.75, 3.05) is 6.61 Å². The second kappa shape index (κ2) is 8.69. The summed E-state index contributed by atoms with van der Waals surface area (Å²) in [5.41, 5.74) is 2.03. The summed E-state index contributed by atoms with van der Waals surface area (Å²) in [7, 11) is 0. The first-order valence-corrected chi connectivity index (χ1v) is 9.16. The van der Waals surface area contributed by atoms with Crippen LogP contribution in [0.1, 0.15) is 18.1 Å². The number of benzene rings is 2. The lowest BCUT2D eigenvalue weighted by molar-refractivity contribution is 0.340. The number of nitrogens with zero attached hydrogens (tertiary/aromatic N) is 4. The molecule has 0 N–H and O–H groups in total. The minimum atomic E-state index is 0.653. The molecule has 3 aromatic rings. The van der Waals surface area contributed by atoms with Crippen LogP contribution in [0.25, 0.3) is 0 Å². The average Bonchev–Trinajstić information content (AvgIpc) is 3.08. The molecule has 0 unspecified atom stereocenters. The third-order valence-electron chi connectivity index (χ3n) is 3.34. The Bertz CT molecular complexity index is 848. The average molecular weight is 373 g/mol. The summed E-state index contributed by atoms with van der Waals surface area (Å²) in [6, 6.07) is 15.5. The number of aromatic nitrogens is 3. The van der Waals surface area contributed by atoms with E-state index in [1.807, 2.05) is 55.5 Å². The molecule has 0 spiro atoms. The quantitative estimate of drug-likeness (QED) is 0.452. The lowest BCUT2D eigenvalue weighted by atomic mass is 10.2. The number of thioether (sulfide) groups is 1. The molecule has 0 aliphatic heterocycles. The van der Waals surface area contributed by atoms with Crippen LogP contribution in [0.2, 0.25) is 5.02 Å². The van der Waals surface area contributed by atoms with E-state index >= 15 is 0 Å². The Morgan fingerprint density at radius 2 is 2.00 bits per heavy atom. The molecule has 1 heterocycles. The van der Waals surface area contributed by atoms with Crippen molar-refractivity contribution in [3.8, 4) is 5.75 Å². The molecule has 0 aliphatic rings. The summed E-state index contributed by atoms with van der Waals surface area (Å²) in [6.07, 6.45) is 3.35. The minimum Gasteiger partial charge on any atom is -0.494 e. The van der Waals surface area contributed by atoms with E-state index in [-0.39, 0.29) is 0 Å². The zero-order valence-electron chi connectivity index (χ0n) is 13.7. The van der Waals surface area contributed by atoms with E-state index in [0.29, 0.717) is 17.5 Å². The summed E-state index contributed by atoms with van der Waals surface area (Å²) in [6.45, 7) is 2.61. The first kappa shape index (κ1) is 17.5. The van der Waals surface area contributed by atoms with E-state index in [1.54, 1.807) is 17.2 Å². The van der Waals surface area contributed by atoms with Gasteiger partial charge >= 0.3 is 0 Å². The Hall–Kier alpha value is -2.31. The molecular formula is C18H17ClN4OS. The van der Waals surface area contributed by atoms with Gasteiger partial charge in [0, 0.05) is 10.8 Å². The topological polar surface area (TPSA) is 52.3 Å². The van der Waals surface area contributed by atoms with E-state index in [1.165, 1.54) is 11.8 Å². The van der Waals surface area contributed by atoms with Gasteiger partial charge in [-0.25, -0.2) is 0 Å². The van der Waals surface area contributed by atoms with Gasteiger partial charge in [0.05, 0.1) is 12.8 Å². The lowest BCUT2D eigenvalue weighted by Gasteiger charge is -2.04. The van der Waals surface area contributed by atoms with E-state index in [2.05, 4.69) is 15.3 Å². The second-order valence-corrected chi connectivity index (χ2v) is 6.43. The Labute approximate surface area is 155 Å². The molecule has 1 aromatic heterocycles. The highest BCUT2D eigenvalue weighted by Gasteiger charge is 2.06. The van der Waals surface area contributed by atoms with Crippen LogP contribution in [0, 0.1) is 0 Å². The van der Waals surface area contributed by atoms with Crippen molar-refractivity contribution >= 4 is 29.6 Å². The molecule has 0 aliphatic carbocycles. The van der Waals surface area contributed by atoms with Gasteiger partial charge in [-0.3, -0.25) is 0 Å². The van der Waals surface area contributed by atoms with Crippen LogP contribution in [0.3, 0.4) is 0 Å². The maximum atomic E-state index is 6.18. The van der Waals surface area contributed by atoms with Gasteiger partial charge in [0.15, 0.2) is 0 Å². The molecule has 25 heavy (non-hydrogen) atoms. The zero-order chi connectivity index (χ0) is 17.5. The van der Waals surface area contributed by atoms with Crippen molar-refractivity contribution in [3.63, 3.8) is 0 Å². The number of rotatable bonds is 7. The van der Waals surface area contributed by atoms with Crippen molar-refractivity contribution in [2.24, 2.45) is 5.10 Å². The normalized spacial score (nSPS) is 11.1. The Balaban J connectivity index is 1.66. The molecule has 2 aromatic carbocycles. The van der Waals surface area contributed by atoms with Crippen molar-refractivity contribution in [3.05, 3.63) is 71.0 Å². The van der Waals surface area contributed by atoms with Gasteiger partial charge in [0.25, 0.3) is 0 Å². The molecule has 0 fully saturated rings. The van der Waals surface area contributed by atoms with Gasteiger partial charge in [-0.2, -0.15) is 9.78 Å². The van der Waals surface area contributed by atoms with Crippen LogP contribution >= 0.6 is 23.4 Å². The number of ether oxygens (including phenoxy) is 1. The second-order valence-electron chi connectivity index (χ2n) is 5.08. The van der Waals surface area contributed by atoms with E-state index < -0.39 is 0 Å². The van der Waals surface area contributed by atoms with Crippen molar-refractivity contribution in [2.45, 2.75) is 17.8 Å². The molecule has 0 amide bonds. The third kappa shape index (κ3) is 4.84. The third-order valence-corrected chi connectivity index (χ3v) is 4.69. The van der Waals surface area contributed by atoms with Gasteiger partial charge in [-0.1, -0.05) is 41.6 Å². The summed E-state index contributed by atoms with van der Waals surface area (Å²) in [5, 5.41) is 13.9. The minimum absolute atomic E-state index is 0.653. The number of hydrogen-bond acceptors (Lipinski definition) is 5. The highest BCUT2D eigenvalue weighted by Crippen LogP contribution is 2.25. The number of halogens is 1. The van der Waals surface area contributed by atoms with Gasteiger partial charge in [0.2, 0.25) is 5.16 Å². The largest absolute Gasteiger partial charge is 0.494 e. The molecule has 0 saturated carbocycles. The first-order chi connectivity index (χ1) is 12.3. The van der Waals surface area contributed by atoms with Gasteiger partial charge in [-0.05, 0) is 48.4 Å². The molecule has 7 heteroatoms. The first-order valence-electron chi connectivity index (χ1n) is 7.79. The summed E-state index contributed by atoms with van der Waals surface area (Å²) >= 11 is 7.72. The summed E-state index contributed by atoms with van der Waals surface area (Å²) < 4.78 is 7.08. The van der Waals surface area contributed by atoms with E-state index in [9.17, 15) is 0 Å². The molecule has 0 bridgehead atoms. The lowest BCUT2D eigenvalue weighted by Crippen LogP contribution is -1.94. The smallest absolute Gasteiger partial charge is 0.212 e. The molecule has 128 valence electrons. The van der Waals surface area contributed by atoms with Crippen LogP contribution < -0.4 is 4.74 Å². The Morgan fingerprint density at radius 1 is 1.20 bits per heavy atom. The van der Waals surface area contributed by atoms with Crippen molar-refractivity contribution in [1.29, 1.82) is 0 Å². The maximum Gasteiger partial charge on any atom is 0.212 e. The Morgan fingerprint density at radius 3 is 2.76 bits per heavy atom. The molecule has 0 radical (unpaired) electrons. The molecule has 0 saturated heterocycles.